The number of benzene rings is 1. The van der Waals surface area contributed by atoms with E-state index < -0.39 is 0 Å². The molecule has 1 aromatic heterocycles. The van der Waals surface area contributed by atoms with E-state index >= 15 is 0 Å². The maximum absolute atomic E-state index is 5.68. The van der Waals surface area contributed by atoms with Gasteiger partial charge in [0.05, 0.1) is 29.4 Å². The number of rotatable bonds is 5. The molecule has 5 nitrogen and oxygen atoms in total. The molecule has 0 radical (unpaired) electrons. The Hall–Kier alpha value is -1.72. The Morgan fingerprint density at radius 1 is 1.28 bits per heavy atom. The molecular weight excluding hydrogens is 228 g/mol. The highest BCUT2D eigenvalue weighted by Gasteiger charge is 2.10. The molecule has 0 saturated heterocycles. The summed E-state index contributed by atoms with van der Waals surface area (Å²) in [6.07, 6.45) is 0. The molecule has 18 heavy (non-hydrogen) atoms. The van der Waals surface area contributed by atoms with Gasteiger partial charge < -0.3 is 15.8 Å². The van der Waals surface area contributed by atoms with Crippen molar-refractivity contribution in [2.45, 2.75) is 13.0 Å². The van der Waals surface area contributed by atoms with Crippen molar-refractivity contribution in [1.82, 2.24) is 9.97 Å². The third-order valence-electron chi connectivity index (χ3n) is 2.74. The summed E-state index contributed by atoms with van der Waals surface area (Å²) in [5, 5.41) is 3.27. The van der Waals surface area contributed by atoms with Gasteiger partial charge in [-0.3, -0.25) is 0 Å². The SMILES string of the molecule is COCC(CN)Nc1nc2ccccc2nc1C. The minimum atomic E-state index is 0.0455. The van der Waals surface area contributed by atoms with Gasteiger partial charge in [0.25, 0.3) is 0 Å². The molecule has 3 N–H and O–H groups in total. The lowest BCUT2D eigenvalue weighted by molar-refractivity contribution is 0.187. The number of aryl methyl sites for hydroxylation is 1. The number of hydrogen-bond acceptors (Lipinski definition) is 5. The van der Waals surface area contributed by atoms with Crippen LogP contribution in [0.15, 0.2) is 24.3 Å². The molecule has 1 heterocycles. The number of ether oxygens (including phenoxy) is 1. The topological polar surface area (TPSA) is 73.1 Å². The predicted octanol–water partition coefficient (Wildman–Crippen LogP) is 1.32. The smallest absolute Gasteiger partial charge is 0.148 e. The largest absolute Gasteiger partial charge is 0.383 e. The van der Waals surface area contributed by atoms with Gasteiger partial charge in [-0.1, -0.05) is 12.1 Å². The zero-order chi connectivity index (χ0) is 13.0. The van der Waals surface area contributed by atoms with Gasteiger partial charge in [0.2, 0.25) is 0 Å². The number of nitrogens with two attached hydrogens (primary N) is 1. The normalized spacial score (nSPS) is 12.6. The number of anilines is 1. The summed E-state index contributed by atoms with van der Waals surface area (Å²) in [6, 6.07) is 7.85. The molecule has 1 unspecified atom stereocenters. The highest BCUT2D eigenvalue weighted by molar-refractivity contribution is 5.76. The Kier molecular flexibility index (Phi) is 4.07. The molecular formula is C13H18N4O. The van der Waals surface area contributed by atoms with Crippen LogP contribution in [-0.2, 0) is 4.74 Å². The molecule has 1 atom stereocenters. The van der Waals surface area contributed by atoms with Crippen molar-refractivity contribution >= 4 is 16.9 Å². The number of nitrogens with one attached hydrogen (secondary N) is 1. The summed E-state index contributed by atoms with van der Waals surface area (Å²) in [6.45, 7) is 2.97. The van der Waals surface area contributed by atoms with Crippen LogP contribution in [0.3, 0.4) is 0 Å². The van der Waals surface area contributed by atoms with E-state index in [4.69, 9.17) is 10.5 Å². The van der Waals surface area contributed by atoms with Gasteiger partial charge in [-0.15, -0.1) is 0 Å². The molecule has 0 aliphatic rings. The third-order valence-corrected chi connectivity index (χ3v) is 2.74. The number of fused-ring (bicyclic) bond motifs is 1. The lowest BCUT2D eigenvalue weighted by atomic mass is 10.2. The Labute approximate surface area is 106 Å². The van der Waals surface area contributed by atoms with Crippen LogP contribution in [0.25, 0.3) is 11.0 Å². The summed E-state index contributed by atoms with van der Waals surface area (Å²) in [4.78, 5) is 9.08. The third kappa shape index (κ3) is 2.75. The number of para-hydroxylation sites is 2. The fourth-order valence-electron chi connectivity index (χ4n) is 1.79. The van der Waals surface area contributed by atoms with Crippen molar-refractivity contribution < 1.29 is 4.74 Å². The van der Waals surface area contributed by atoms with Crippen LogP contribution < -0.4 is 11.1 Å². The molecule has 0 fully saturated rings. The first-order valence-electron chi connectivity index (χ1n) is 5.93. The second-order valence-corrected chi connectivity index (χ2v) is 4.18. The fraction of sp³-hybridized carbons (Fsp3) is 0.385. The fourth-order valence-corrected chi connectivity index (χ4v) is 1.79. The van der Waals surface area contributed by atoms with Crippen LogP contribution in [0.1, 0.15) is 5.69 Å². The summed E-state index contributed by atoms with van der Waals surface area (Å²) in [5.74, 6) is 0.765. The molecule has 0 aliphatic carbocycles. The van der Waals surface area contributed by atoms with E-state index in [2.05, 4.69) is 15.3 Å². The van der Waals surface area contributed by atoms with E-state index in [1.807, 2.05) is 31.2 Å². The summed E-state index contributed by atoms with van der Waals surface area (Å²) < 4.78 is 5.10. The van der Waals surface area contributed by atoms with Gasteiger partial charge in [-0.2, -0.15) is 0 Å². The summed E-state index contributed by atoms with van der Waals surface area (Å²) in [7, 11) is 1.66. The molecule has 0 bridgehead atoms. The molecule has 2 rings (SSSR count). The first-order valence-corrected chi connectivity index (χ1v) is 5.93. The van der Waals surface area contributed by atoms with Crippen LogP contribution in [0.2, 0.25) is 0 Å². The van der Waals surface area contributed by atoms with Crippen molar-refractivity contribution in [2.75, 3.05) is 25.6 Å². The maximum Gasteiger partial charge on any atom is 0.148 e. The van der Waals surface area contributed by atoms with Gasteiger partial charge in [0.15, 0.2) is 0 Å². The van der Waals surface area contributed by atoms with Crippen LogP contribution in [-0.4, -0.2) is 36.3 Å². The molecule has 1 aromatic carbocycles. The van der Waals surface area contributed by atoms with Gasteiger partial charge >= 0.3 is 0 Å². The second kappa shape index (κ2) is 5.75. The molecule has 0 spiro atoms. The lowest BCUT2D eigenvalue weighted by Gasteiger charge is -2.17. The Bertz CT molecular complexity index is 529. The van der Waals surface area contributed by atoms with Crippen LogP contribution in [0.4, 0.5) is 5.82 Å². The van der Waals surface area contributed by atoms with Crippen LogP contribution in [0.5, 0.6) is 0 Å². The Balaban J connectivity index is 2.29. The second-order valence-electron chi connectivity index (χ2n) is 4.18. The number of nitrogens with zero attached hydrogens (tertiary/aromatic N) is 2. The monoisotopic (exact) mass is 246 g/mol. The van der Waals surface area contributed by atoms with Crippen molar-refractivity contribution in [3.8, 4) is 0 Å². The van der Waals surface area contributed by atoms with Gasteiger partial charge in [0, 0.05) is 13.7 Å². The van der Waals surface area contributed by atoms with Crippen LogP contribution >= 0.6 is 0 Å². The van der Waals surface area contributed by atoms with Gasteiger partial charge in [0.1, 0.15) is 5.82 Å². The molecule has 0 aliphatic heterocycles. The molecule has 0 amide bonds. The average molecular weight is 246 g/mol. The number of hydrogen-bond donors (Lipinski definition) is 2. The number of aromatic nitrogens is 2. The van der Waals surface area contributed by atoms with E-state index in [1.54, 1.807) is 7.11 Å². The molecule has 96 valence electrons. The summed E-state index contributed by atoms with van der Waals surface area (Å²) in [5.41, 5.74) is 8.32. The predicted molar refractivity (Wildman–Crippen MR) is 72.6 cm³/mol. The molecule has 2 aromatic rings. The molecule has 0 saturated carbocycles. The highest BCUT2D eigenvalue weighted by Crippen LogP contribution is 2.16. The molecule has 5 heteroatoms. The van der Waals surface area contributed by atoms with Crippen molar-refractivity contribution in [3.63, 3.8) is 0 Å². The van der Waals surface area contributed by atoms with E-state index in [0.717, 1.165) is 22.5 Å². The minimum absolute atomic E-state index is 0.0455. The standard InChI is InChI=1S/C13H18N4O/c1-9-13(16-10(7-14)8-18-2)17-12-6-4-3-5-11(12)15-9/h3-6,10H,7-8,14H2,1-2H3,(H,16,17). The van der Waals surface area contributed by atoms with Gasteiger partial charge in [-0.05, 0) is 19.1 Å². The van der Waals surface area contributed by atoms with Crippen molar-refractivity contribution in [2.24, 2.45) is 5.73 Å². The van der Waals surface area contributed by atoms with Crippen LogP contribution in [0, 0.1) is 6.92 Å². The van der Waals surface area contributed by atoms with Crippen molar-refractivity contribution in [1.29, 1.82) is 0 Å². The Morgan fingerprint density at radius 3 is 2.56 bits per heavy atom. The Morgan fingerprint density at radius 2 is 1.94 bits per heavy atom. The summed E-state index contributed by atoms with van der Waals surface area (Å²) >= 11 is 0. The quantitative estimate of drug-likeness (QED) is 0.832. The number of methoxy groups -OCH3 is 1. The highest BCUT2D eigenvalue weighted by atomic mass is 16.5. The first-order chi connectivity index (χ1) is 8.74. The minimum Gasteiger partial charge on any atom is -0.383 e. The maximum atomic E-state index is 5.68. The van der Waals surface area contributed by atoms with E-state index in [9.17, 15) is 0 Å². The van der Waals surface area contributed by atoms with Crippen molar-refractivity contribution in [3.05, 3.63) is 30.0 Å². The van der Waals surface area contributed by atoms with Gasteiger partial charge in [-0.25, -0.2) is 9.97 Å². The van der Waals surface area contributed by atoms with E-state index in [1.165, 1.54) is 0 Å². The average Bonchev–Trinajstić information content (AvgIpc) is 2.39. The van der Waals surface area contributed by atoms with E-state index in [-0.39, 0.29) is 6.04 Å². The lowest BCUT2D eigenvalue weighted by Crippen LogP contribution is -2.33. The first kappa shape index (κ1) is 12.7. The van der Waals surface area contributed by atoms with E-state index in [0.29, 0.717) is 13.2 Å². The zero-order valence-electron chi connectivity index (χ0n) is 10.7. The zero-order valence-corrected chi connectivity index (χ0v) is 10.7.